The van der Waals surface area contributed by atoms with Gasteiger partial charge in [0.25, 0.3) is 0 Å². The molecule has 0 aromatic carbocycles. The molecule has 2 N–H and O–H groups in total. The molecule has 1 heterocycles. The Kier molecular flexibility index (Phi) is 7.49. The van der Waals surface area contributed by atoms with Crippen molar-refractivity contribution in [2.45, 2.75) is 56.7 Å². The molecule has 1 aliphatic rings. The summed E-state index contributed by atoms with van der Waals surface area (Å²) in [5.74, 6) is 1.34. The Labute approximate surface area is 98.2 Å². The van der Waals surface area contributed by atoms with E-state index < -0.39 is 0 Å². The van der Waals surface area contributed by atoms with Crippen LogP contribution < -0.4 is 5.32 Å². The summed E-state index contributed by atoms with van der Waals surface area (Å²) in [4.78, 5) is 0. The average molecular weight is 231 g/mol. The molecule has 0 bridgehead atoms. The van der Waals surface area contributed by atoms with Crippen LogP contribution in [-0.2, 0) is 0 Å². The van der Waals surface area contributed by atoms with Gasteiger partial charge in [-0.05, 0) is 38.0 Å². The Morgan fingerprint density at radius 1 is 1.27 bits per heavy atom. The molecule has 0 saturated carbocycles. The van der Waals surface area contributed by atoms with E-state index in [1.54, 1.807) is 0 Å². The fourth-order valence-corrected chi connectivity index (χ4v) is 3.24. The molecule has 2 unspecified atom stereocenters. The Morgan fingerprint density at radius 3 is 2.80 bits per heavy atom. The summed E-state index contributed by atoms with van der Waals surface area (Å²) in [7, 11) is 0. The van der Waals surface area contributed by atoms with Crippen molar-refractivity contribution in [3.05, 3.63) is 0 Å². The second kappa shape index (κ2) is 8.43. The van der Waals surface area contributed by atoms with Crippen molar-refractivity contribution < 1.29 is 5.11 Å². The minimum Gasteiger partial charge on any atom is -0.396 e. The van der Waals surface area contributed by atoms with E-state index in [4.69, 9.17) is 5.11 Å². The number of thioether (sulfide) groups is 1. The van der Waals surface area contributed by atoms with Crippen LogP contribution in [0.1, 0.15) is 45.4 Å². The standard InChI is InChI=1S/C12H25NOS/c1-11-12(7-6-10-15-11)13-8-4-2-3-5-9-14/h11-14H,2-10H2,1H3. The van der Waals surface area contributed by atoms with Gasteiger partial charge >= 0.3 is 0 Å². The van der Waals surface area contributed by atoms with Crippen molar-refractivity contribution >= 4 is 11.8 Å². The molecule has 1 rings (SSSR count). The summed E-state index contributed by atoms with van der Waals surface area (Å²) in [5.41, 5.74) is 0. The van der Waals surface area contributed by atoms with Crippen molar-refractivity contribution in [3.63, 3.8) is 0 Å². The van der Waals surface area contributed by atoms with Crippen LogP contribution in [0.3, 0.4) is 0 Å². The monoisotopic (exact) mass is 231 g/mol. The molecule has 0 aromatic heterocycles. The van der Waals surface area contributed by atoms with Gasteiger partial charge in [-0.1, -0.05) is 19.8 Å². The van der Waals surface area contributed by atoms with Gasteiger partial charge in [-0.15, -0.1) is 0 Å². The highest BCUT2D eigenvalue weighted by atomic mass is 32.2. The van der Waals surface area contributed by atoms with Gasteiger partial charge in [0.15, 0.2) is 0 Å². The summed E-state index contributed by atoms with van der Waals surface area (Å²) >= 11 is 2.10. The Balaban J connectivity index is 1.94. The van der Waals surface area contributed by atoms with Crippen LogP contribution in [0, 0.1) is 0 Å². The third-order valence-corrected chi connectivity index (χ3v) is 4.48. The molecular weight excluding hydrogens is 206 g/mol. The van der Waals surface area contributed by atoms with Gasteiger partial charge in [0.1, 0.15) is 0 Å². The summed E-state index contributed by atoms with van der Waals surface area (Å²) < 4.78 is 0. The van der Waals surface area contributed by atoms with E-state index >= 15 is 0 Å². The van der Waals surface area contributed by atoms with E-state index in [2.05, 4.69) is 24.0 Å². The first-order valence-corrected chi connectivity index (χ1v) is 7.35. The van der Waals surface area contributed by atoms with Crippen LogP contribution in [0.25, 0.3) is 0 Å². The topological polar surface area (TPSA) is 32.3 Å². The fourth-order valence-electron chi connectivity index (χ4n) is 2.07. The van der Waals surface area contributed by atoms with Crippen LogP contribution in [-0.4, -0.2) is 35.3 Å². The van der Waals surface area contributed by atoms with Crippen LogP contribution in [0.4, 0.5) is 0 Å². The molecule has 1 fully saturated rings. The summed E-state index contributed by atoms with van der Waals surface area (Å²) in [6.07, 6.45) is 7.38. The lowest BCUT2D eigenvalue weighted by molar-refractivity contribution is 0.282. The highest BCUT2D eigenvalue weighted by molar-refractivity contribution is 7.99. The first-order valence-electron chi connectivity index (χ1n) is 6.30. The molecule has 1 saturated heterocycles. The maximum absolute atomic E-state index is 8.64. The quantitative estimate of drug-likeness (QED) is 0.660. The van der Waals surface area contributed by atoms with Gasteiger partial charge in [0.05, 0.1) is 0 Å². The molecule has 15 heavy (non-hydrogen) atoms. The average Bonchev–Trinajstić information content (AvgIpc) is 2.25. The number of nitrogens with one attached hydrogen (secondary N) is 1. The molecular formula is C12H25NOS. The van der Waals surface area contributed by atoms with Crippen molar-refractivity contribution in [2.75, 3.05) is 18.9 Å². The Morgan fingerprint density at radius 2 is 2.07 bits per heavy atom. The highest BCUT2D eigenvalue weighted by Gasteiger charge is 2.20. The number of hydrogen-bond acceptors (Lipinski definition) is 3. The van der Waals surface area contributed by atoms with Crippen molar-refractivity contribution in [1.29, 1.82) is 0 Å². The first kappa shape index (κ1) is 13.3. The maximum atomic E-state index is 8.64. The molecule has 0 radical (unpaired) electrons. The second-order valence-electron chi connectivity index (χ2n) is 4.42. The summed E-state index contributed by atoms with van der Waals surface area (Å²) in [6, 6.07) is 0.738. The SMILES string of the molecule is CC1SCCCC1NCCCCCCO. The van der Waals surface area contributed by atoms with E-state index in [1.807, 2.05) is 0 Å². The zero-order valence-electron chi connectivity index (χ0n) is 9.87. The van der Waals surface area contributed by atoms with Crippen molar-refractivity contribution in [1.82, 2.24) is 5.32 Å². The molecule has 0 aromatic rings. The maximum Gasteiger partial charge on any atom is 0.0431 e. The highest BCUT2D eigenvalue weighted by Crippen LogP contribution is 2.24. The summed E-state index contributed by atoms with van der Waals surface area (Å²) in [6.45, 7) is 3.85. The normalized spacial score (nSPS) is 26.8. The Bertz CT molecular complexity index is 155. The summed E-state index contributed by atoms with van der Waals surface area (Å²) in [5, 5.41) is 13.1. The molecule has 2 atom stereocenters. The lowest BCUT2D eigenvalue weighted by atomic mass is 10.1. The van der Waals surface area contributed by atoms with Crippen molar-refractivity contribution in [3.8, 4) is 0 Å². The second-order valence-corrected chi connectivity index (χ2v) is 5.90. The van der Waals surface area contributed by atoms with Gasteiger partial charge < -0.3 is 10.4 Å². The number of unbranched alkanes of at least 4 members (excludes halogenated alkanes) is 3. The number of hydrogen-bond donors (Lipinski definition) is 2. The minimum absolute atomic E-state index is 0.351. The zero-order chi connectivity index (χ0) is 10.9. The van der Waals surface area contributed by atoms with Crippen LogP contribution in [0.5, 0.6) is 0 Å². The predicted octanol–water partition coefficient (Wildman–Crippen LogP) is 2.41. The van der Waals surface area contributed by atoms with Gasteiger partial charge in [0.2, 0.25) is 0 Å². The fraction of sp³-hybridized carbons (Fsp3) is 1.00. The lowest BCUT2D eigenvalue weighted by Crippen LogP contribution is -2.39. The van der Waals surface area contributed by atoms with E-state index in [0.29, 0.717) is 6.61 Å². The predicted molar refractivity (Wildman–Crippen MR) is 68.5 cm³/mol. The van der Waals surface area contributed by atoms with E-state index in [1.165, 1.54) is 37.9 Å². The molecule has 0 amide bonds. The third kappa shape index (κ3) is 5.79. The molecule has 2 nitrogen and oxygen atoms in total. The largest absolute Gasteiger partial charge is 0.396 e. The van der Waals surface area contributed by atoms with E-state index in [0.717, 1.165) is 24.3 Å². The van der Waals surface area contributed by atoms with Gasteiger partial charge in [0, 0.05) is 17.9 Å². The van der Waals surface area contributed by atoms with Gasteiger partial charge in [-0.2, -0.15) is 11.8 Å². The lowest BCUT2D eigenvalue weighted by Gasteiger charge is -2.29. The Hall–Kier alpha value is 0.270. The molecule has 90 valence electrons. The van der Waals surface area contributed by atoms with Gasteiger partial charge in [-0.3, -0.25) is 0 Å². The minimum atomic E-state index is 0.351. The van der Waals surface area contributed by atoms with E-state index in [9.17, 15) is 0 Å². The van der Waals surface area contributed by atoms with Crippen molar-refractivity contribution in [2.24, 2.45) is 0 Å². The van der Waals surface area contributed by atoms with Crippen LogP contribution in [0.2, 0.25) is 0 Å². The van der Waals surface area contributed by atoms with E-state index in [-0.39, 0.29) is 0 Å². The molecule has 0 spiro atoms. The van der Waals surface area contributed by atoms with Crippen LogP contribution in [0.15, 0.2) is 0 Å². The molecule has 1 aliphatic heterocycles. The zero-order valence-corrected chi connectivity index (χ0v) is 10.7. The van der Waals surface area contributed by atoms with Crippen LogP contribution >= 0.6 is 11.8 Å². The number of aliphatic hydroxyl groups excluding tert-OH is 1. The third-order valence-electron chi connectivity index (χ3n) is 3.10. The number of rotatable bonds is 7. The van der Waals surface area contributed by atoms with Gasteiger partial charge in [-0.25, -0.2) is 0 Å². The number of aliphatic hydroxyl groups is 1. The smallest absolute Gasteiger partial charge is 0.0431 e. The first-order chi connectivity index (χ1) is 7.34. The molecule has 3 heteroatoms. The molecule has 0 aliphatic carbocycles.